The summed E-state index contributed by atoms with van der Waals surface area (Å²) >= 11 is 1.57. The van der Waals surface area contributed by atoms with Crippen molar-refractivity contribution in [1.29, 1.82) is 0 Å². The predicted molar refractivity (Wildman–Crippen MR) is 86.9 cm³/mol. The van der Waals surface area contributed by atoms with Crippen LogP contribution in [0.15, 0.2) is 24.4 Å². The average Bonchev–Trinajstić information content (AvgIpc) is 2.93. The summed E-state index contributed by atoms with van der Waals surface area (Å²) in [5.74, 6) is 0.906. The second-order valence-corrected chi connectivity index (χ2v) is 6.66. The summed E-state index contributed by atoms with van der Waals surface area (Å²) in [6.07, 6.45) is 1.81. The molecule has 0 aliphatic heterocycles. The first kappa shape index (κ1) is 16.3. The molecule has 1 aromatic heterocycles. The molecular weight excluding hydrogens is 300 g/mol. The molecule has 0 bridgehead atoms. The van der Waals surface area contributed by atoms with E-state index in [1.54, 1.807) is 36.6 Å². The van der Waals surface area contributed by atoms with E-state index in [9.17, 15) is 4.79 Å². The number of ether oxygens (including phenoxy) is 2. The normalized spacial score (nSPS) is 11.1. The van der Waals surface area contributed by atoms with Crippen LogP contribution in [0, 0.1) is 6.92 Å². The minimum Gasteiger partial charge on any atom is -0.497 e. The van der Waals surface area contributed by atoms with Gasteiger partial charge in [0, 0.05) is 17.1 Å². The van der Waals surface area contributed by atoms with Crippen LogP contribution < -0.4 is 14.8 Å². The number of hydrogen-bond acceptors (Lipinski definition) is 5. The predicted octanol–water partition coefficient (Wildman–Crippen LogP) is 3.13. The maximum atomic E-state index is 12.6. The number of aromatic nitrogens is 1. The fraction of sp³-hybridized carbons (Fsp3) is 0.375. The Morgan fingerprint density at radius 1 is 1.27 bits per heavy atom. The van der Waals surface area contributed by atoms with Gasteiger partial charge < -0.3 is 14.8 Å². The van der Waals surface area contributed by atoms with Gasteiger partial charge in [0.15, 0.2) is 0 Å². The van der Waals surface area contributed by atoms with Gasteiger partial charge in [0.25, 0.3) is 5.91 Å². The van der Waals surface area contributed by atoms with Crippen LogP contribution in [0.1, 0.15) is 34.1 Å². The molecule has 2 aromatic rings. The Hall–Kier alpha value is -2.08. The number of carbonyl (C=O) groups is 1. The van der Waals surface area contributed by atoms with E-state index < -0.39 is 5.54 Å². The molecule has 0 spiro atoms. The molecule has 0 unspecified atom stereocenters. The topological polar surface area (TPSA) is 60.5 Å². The Labute approximate surface area is 134 Å². The fourth-order valence-electron chi connectivity index (χ4n) is 2.03. The molecule has 1 heterocycles. The Morgan fingerprint density at radius 2 is 2.00 bits per heavy atom. The van der Waals surface area contributed by atoms with Gasteiger partial charge in [0.1, 0.15) is 16.5 Å². The van der Waals surface area contributed by atoms with E-state index >= 15 is 0 Å². The Bertz CT molecular complexity index is 680. The summed E-state index contributed by atoms with van der Waals surface area (Å²) in [5.41, 5.74) is -0.0920. The highest BCUT2D eigenvalue weighted by Gasteiger charge is 2.27. The number of benzene rings is 1. The van der Waals surface area contributed by atoms with E-state index in [0.29, 0.717) is 17.1 Å². The molecule has 6 heteroatoms. The van der Waals surface area contributed by atoms with Crippen LogP contribution in [-0.4, -0.2) is 25.1 Å². The van der Waals surface area contributed by atoms with Crippen LogP contribution in [0.2, 0.25) is 0 Å². The van der Waals surface area contributed by atoms with E-state index in [0.717, 1.165) is 9.88 Å². The van der Waals surface area contributed by atoms with Crippen LogP contribution in [0.5, 0.6) is 11.5 Å². The maximum absolute atomic E-state index is 12.6. The average molecular weight is 320 g/mol. The van der Waals surface area contributed by atoms with E-state index in [-0.39, 0.29) is 5.91 Å². The molecule has 22 heavy (non-hydrogen) atoms. The first-order chi connectivity index (χ1) is 10.4. The lowest BCUT2D eigenvalue weighted by Crippen LogP contribution is -2.41. The van der Waals surface area contributed by atoms with Crippen molar-refractivity contribution in [3.05, 3.63) is 39.8 Å². The molecule has 0 saturated heterocycles. The minimum atomic E-state index is -0.555. The molecule has 1 N–H and O–H groups in total. The first-order valence-electron chi connectivity index (χ1n) is 6.85. The van der Waals surface area contributed by atoms with E-state index in [1.165, 1.54) is 7.11 Å². The molecular formula is C16H20N2O3S. The largest absolute Gasteiger partial charge is 0.497 e. The molecule has 0 fully saturated rings. The van der Waals surface area contributed by atoms with Gasteiger partial charge in [-0.05, 0) is 32.9 Å². The quantitative estimate of drug-likeness (QED) is 0.919. The summed E-state index contributed by atoms with van der Waals surface area (Å²) in [6, 6.07) is 5.11. The summed E-state index contributed by atoms with van der Waals surface area (Å²) in [7, 11) is 3.10. The van der Waals surface area contributed by atoms with Gasteiger partial charge in [-0.1, -0.05) is 0 Å². The second kappa shape index (κ2) is 6.36. The van der Waals surface area contributed by atoms with Crippen molar-refractivity contribution >= 4 is 17.2 Å². The Balaban J connectivity index is 2.25. The maximum Gasteiger partial charge on any atom is 0.255 e. The first-order valence-corrected chi connectivity index (χ1v) is 7.66. The lowest BCUT2D eigenvalue weighted by atomic mass is 10.1. The van der Waals surface area contributed by atoms with Crippen molar-refractivity contribution in [3.8, 4) is 11.5 Å². The van der Waals surface area contributed by atoms with E-state index in [2.05, 4.69) is 10.3 Å². The molecule has 2 rings (SSSR count). The number of thiazole rings is 1. The van der Waals surface area contributed by atoms with Crippen LogP contribution in [0.3, 0.4) is 0 Å². The molecule has 1 amide bonds. The molecule has 0 aliphatic rings. The second-order valence-electron chi connectivity index (χ2n) is 5.42. The molecule has 0 atom stereocenters. The van der Waals surface area contributed by atoms with Crippen LogP contribution >= 0.6 is 11.3 Å². The zero-order valence-corrected chi connectivity index (χ0v) is 14.2. The monoisotopic (exact) mass is 320 g/mol. The van der Waals surface area contributed by atoms with Crippen LogP contribution in [-0.2, 0) is 5.54 Å². The van der Waals surface area contributed by atoms with Crippen LogP contribution in [0.4, 0.5) is 0 Å². The van der Waals surface area contributed by atoms with Crippen molar-refractivity contribution < 1.29 is 14.3 Å². The van der Waals surface area contributed by atoms with Gasteiger partial charge in [0.2, 0.25) is 0 Å². The molecule has 5 nitrogen and oxygen atoms in total. The van der Waals surface area contributed by atoms with Crippen molar-refractivity contribution in [2.45, 2.75) is 26.3 Å². The number of aryl methyl sites for hydroxylation is 1. The van der Waals surface area contributed by atoms with E-state index in [1.807, 2.05) is 27.0 Å². The van der Waals surface area contributed by atoms with Crippen molar-refractivity contribution in [2.75, 3.05) is 14.2 Å². The summed E-state index contributed by atoms with van der Waals surface area (Å²) in [6.45, 7) is 5.85. The highest BCUT2D eigenvalue weighted by molar-refractivity contribution is 7.11. The van der Waals surface area contributed by atoms with Gasteiger partial charge >= 0.3 is 0 Å². The third-order valence-corrected chi connectivity index (χ3v) is 4.47. The number of nitrogens with one attached hydrogen (secondary N) is 1. The number of methoxy groups -OCH3 is 2. The van der Waals surface area contributed by atoms with Gasteiger partial charge in [-0.25, -0.2) is 4.98 Å². The zero-order chi connectivity index (χ0) is 16.3. The van der Waals surface area contributed by atoms with Gasteiger partial charge in [-0.3, -0.25) is 4.79 Å². The number of rotatable bonds is 5. The number of amides is 1. The zero-order valence-electron chi connectivity index (χ0n) is 13.4. The highest BCUT2D eigenvalue weighted by atomic mass is 32.1. The molecule has 0 aliphatic carbocycles. The standard InChI is InChI=1S/C16H20N2O3S/c1-10-9-17-15(22-10)16(2,3)18-14(19)12-7-6-11(20-4)8-13(12)21-5/h6-9H,1-5H3,(H,18,19). The lowest BCUT2D eigenvalue weighted by molar-refractivity contribution is 0.0909. The highest BCUT2D eigenvalue weighted by Crippen LogP contribution is 2.28. The Kier molecular flexibility index (Phi) is 4.71. The summed E-state index contributed by atoms with van der Waals surface area (Å²) in [5, 5.41) is 3.87. The molecule has 118 valence electrons. The van der Waals surface area contributed by atoms with Gasteiger partial charge in [0.05, 0.1) is 25.3 Å². The summed E-state index contributed by atoms with van der Waals surface area (Å²) < 4.78 is 10.4. The van der Waals surface area contributed by atoms with Gasteiger partial charge in [-0.2, -0.15) is 0 Å². The number of nitrogens with zero attached hydrogens (tertiary/aromatic N) is 1. The van der Waals surface area contributed by atoms with Gasteiger partial charge in [-0.15, -0.1) is 11.3 Å². The molecule has 0 saturated carbocycles. The smallest absolute Gasteiger partial charge is 0.255 e. The Morgan fingerprint density at radius 3 is 2.55 bits per heavy atom. The third-order valence-electron chi connectivity index (χ3n) is 3.24. The van der Waals surface area contributed by atoms with Crippen molar-refractivity contribution in [3.63, 3.8) is 0 Å². The van der Waals surface area contributed by atoms with Crippen LogP contribution in [0.25, 0.3) is 0 Å². The number of hydrogen-bond donors (Lipinski definition) is 1. The van der Waals surface area contributed by atoms with Crippen molar-refractivity contribution in [2.24, 2.45) is 0 Å². The third kappa shape index (κ3) is 3.39. The van der Waals surface area contributed by atoms with Crippen molar-refractivity contribution in [1.82, 2.24) is 10.3 Å². The molecule has 1 aromatic carbocycles. The minimum absolute atomic E-state index is 0.211. The van der Waals surface area contributed by atoms with E-state index in [4.69, 9.17) is 9.47 Å². The lowest BCUT2D eigenvalue weighted by Gasteiger charge is -2.24. The molecule has 0 radical (unpaired) electrons. The SMILES string of the molecule is COc1ccc(C(=O)NC(C)(C)c2ncc(C)s2)c(OC)c1. The number of carbonyl (C=O) groups excluding carboxylic acids is 1. The fourth-order valence-corrected chi connectivity index (χ4v) is 2.86. The summed E-state index contributed by atoms with van der Waals surface area (Å²) in [4.78, 5) is 18.0.